The molecule has 10 N–H and O–H groups in total. The van der Waals surface area contributed by atoms with Crippen molar-refractivity contribution in [3.05, 3.63) is 0 Å². The molecule has 0 radical (unpaired) electrons. The minimum absolute atomic E-state index is 0.289. The minimum atomic E-state index is -5.79. The Morgan fingerprint density at radius 3 is 1.09 bits per heavy atom. The second-order valence-electron chi connectivity index (χ2n) is 4.58. The molecule has 0 amide bonds. The number of nitrogens with two attached hydrogens (primary N) is 1. The van der Waals surface area contributed by atoms with Crippen LogP contribution in [0.4, 0.5) is 0 Å². The minimum Gasteiger partial charge on any atom is -0.329 e. The van der Waals surface area contributed by atoms with E-state index in [1.54, 1.807) is 0 Å². The van der Waals surface area contributed by atoms with Crippen LogP contribution in [0.2, 0.25) is 0 Å². The molecule has 0 fully saturated rings. The summed E-state index contributed by atoms with van der Waals surface area (Å²) < 4.78 is 45.6. The summed E-state index contributed by atoms with van der Waals surface area (Å²) in [5.41, 5.74) is -1.22. The first-order chi connectivity index (χ1) is 9.85. The molecular weight excluding hydrogens is 404 g/mol. The highest BCUT2D eigenvalue weighted by Gasteiger charge is 2.59. The SMILES string of the molecule is CC(CN)N(C(P(=O)(O)O)P(=O)(O)O)C(P(=O)(O)O)P(=O)(O)O. The molecule has 0 aliphatic carbocycles. The number of hydrogen-bond acceptors (Lipinski definition) is 6. The van der Waals surface area contributed by atoms with E-state index in [4.69, 9.17) is 44.9 Å². The Labute approximate surface area is 130 Å². The maximum absolute atomic E-state index is 11.4. The van der Waals surface area contributed by atoms with E-state index in [1.807, 2.05) is 0 Å². The highest BCUT2D eigenvalue weighted by atomic mass is 31.2. The van der Waals surface area contributed by atoms with Gasteiger partial charge in [-0.05, 0) is 6.92 Å². The van der Waals surface area contributed by atoms with Gasteiger partial charge >= 0.3 is 30.4 Å². The van der Waals surface area contributed by atoms with Crippen LogP contribution >= 0.6 is 30.4 Å². The van der Waals surface area contributed by atoms with E-state index in [0.717, 1.165) is 6.92 Å². The molecule has 0 rings (SSSR count). The van der Waals surface area contributed by atoms with Crippen molar-refractivity contribution >= 4 is 30.4 Å². The van der Waals surface area contributed by atoms with E-state index in [-0.39, 0.29) is 4.90 Å². The summed E-state index contributed by atoms with van der Waals surface area (Å²) in [7, 11) is -23.2. The molecule has 0 bridgehead atoms. The first-order valence-electron chi connectivity index (χ1n) is 5.53. The standard InChI is InChI=1S/C5H18N2O12P4/c1-3(2-6)7(4(20(8,9)10)21(11,12)13)5(22(14,15)16)23(17,18)19/h3-5H,2,6H2,1H3,(H2,8,9,10)(H2,11,12,13)(H2,14,15,16)(H2,17,18,19). The zero-order chi connectivity index (χ0) is 19.0. The summed E-state index contributed by atoms with van der Waals surface area (Å²) in [4.78, 5) is 72.8. The van der Waals surface area contributed by atoms with Crippen LogP contribution < -0.4 is 5.73 Å². The van der Waals surface area contributed by atoms with Crippen LogP contribution in [0.3, 0.4) is 0 Å². The first-order valence-corrected chi connectivity index (χ1v) is 12.3. The molecule has 1 unspecified atom stereocenters. The third kappa shape index (κ3) is 6.39. The smallest absolute Gasteiger partial charge is 0.329 e. The third-order valence-electron chi connectivity index (χ3n) is 2.59. The number of hydrogen-bond donors (Lipinski definition) is 9. The molecule has 0 aliphatic rings. The summed E-state index contributed by atoms with van der Waals surface area (Å²) in [6.45, 7) is 0.254. The lowest BCUT2D eigenvalue weighted by Crippen LogP contribution is -2.50. The van der Waals surface area contributed by atoms with Gasteiger partial charge in [0.1, 0.15) is 0 Å². The Balaban J connectivity index is 6.65. The Morgan fingerprint density at radius 2 is 0.957 bits per heavy atom. The molecule has 0 saturated heterocycles. The second kappa shape index (κ2) is 7.41. The zero-order valence-electron chi connectivity index (χ0n) is 11.5. The molecule has 23 heavy (non-hydrogen) atoms. The fraction of sp³-hybridized carbons (Fsp3) is 1.00. The largest absolute Gasteiger partial charge is 0.355 e. The van der Waals surface area contributed by atoms with Crippen LogP contribution in [0.1, 0.15) is 6.92 Å². The molecule has 0 saturated carbocycles. The van der Waals surface area contributed by atoms with Gasteiger partial charge in [0.15, 0.2) is 0 Å². The van der Waals surface area contributed by atoms with Crippen molar-refractivity contribution in [2.24, 2.45) is 5.73 Å². The van der Waals surface area contributed by atoms with Gasteiger partial charge in [0, 0.05) is 12.6 Å². The average Bonchev–Trinajstić information content (AvgIpc) is 2.18. The van der Waals surface area contributed by atoms with Gasteiger partial charge in [-0.25, -0.2) is 0 Å². The van der Waals surface area contributed by atoms with Crippen LogP contribution in [0.15, 0.2) is 0 Å². The van der Waals surface area contributed by atoms with E-state index in [0.29, 0.717) is 0 Å². The van der Waals surface area contributed by atoms with Crippen LogP contribution in [-0.2, 0) is 18.3 Å². The maximum Gasteiger partial charge on any atom is 0.355 e. The molecular formula is C5H18N2O12P4. The summed E-state index contributed by atoms with van der Waals surface area (Å²) in [6.07, 6.45) is 0. The average molecular weight is 422 g/mol. The monoisotopic (exact) mass is 422 g/mol. The Morgan fingerprint density at radius 1 is 0.739 bits per heavy atom. The normalized spacial score (nSPS) is 16.4. The molecule has 140 valence electrons. The quantitative estimate of drug-likeness (QED) is 0.190. The van der Waals surface area contributed by atoms with Gasteiger partial charge in [0.05, 0.1) is 0 Å². The maximum atomic E-state index is 11.4. The lowest BCUT2D eigenvalue weighted by molar-refractivity contribution is 0.165. The summed E-state index contributed by atoms with van der Waals surface area (Å²) in [6, 6.07) is -1.61. The van der Waals surface area contributed by atoms with Crippen LogP contribution in [0.5, 0.6) is 0 Å². The topological polar surface area (TPSA) is 259 Å². The first kappa shape index (κ1) is 23.5. The summed E-state index contributed by atoms with van der Waals surface area (Å²) >= 11 is 0. The van der Waals surface area contributed by atoms with Crippen molar-refractivity contribution < 1.29 is 57.4 Å². The van der Waals surface area contributed by atoms with Crippen LogP contribution in [0, 0.1) is 0 Å². The van der Waals surface area contributed by atoms with Gasteiger partial charge in [-0.15, -0.1) is 0 Å². The van der Waals surface area contributed by atoms with E-state index in [9.17, 15) is 18.3 Å². The van der Waals surface area contributed by atoms with Crippen molar-refractivity contribution in [3.63, 3.8) is 0 Å². The summed E-state index contributed by atoms with van der Waals surface area (Å²) in [5.74, 6) is 0. The van der Waals surface area contributed by atoms with Crippen molar-refractivity contribution in [1.29, 1.82) is 0 Å². The highest BCUT2D eigenvalue weighted by molar-refractivity contribution is 7.72. The van der Waals surface area contributed by atoms with Crippen LogP contribution in [0.25, 0.3) is 0 Å². The van der Waals surface area contributed by atoms with E-state index in [2.05, 4.69) is 0 Å². The molecule has 0 spiro atoms. The zero-order valence-corrected chi connectivity index (χ0v) is 15.0. The molecule has 14 nitrogen and oxygen atoms in total. The molecule has 0 aliphatic heterocycles. The molecule has 0 aromatic heterocycles. The van der Waals surface area contributed by atoms with Gasteiger partial charge in [-0.2, -0.15) is 0 Å². The molecule has 0 aromatic rings. The predicted molar refractivity (Wildman–Crippen MR) is 76.1 cm³/mol. The lowest BCUT2D eigenvalue weighted by atomic mass is 10.3. The van der Waals surface area contributed by atoms with Gasteiger partial charge in [-0.1, -0.05) is 0 Å². The molecule has 18 heteroatoms. The summed E-state index contributed by atoms with van der Waals surface area (Å²) in [5, 5.41) is 0. The third-order valence-corrected chi connectivity index (χ3v) is 9.67. The Hall–Kier alpha value is 0.520. The van der Waals surface area contributed by atoms with Crippen molar-refractivity contribution in [1.82, 2.24) is 4.90 Å². The molecule has 0 heterocycles. The second-order valence-corrected chi connectivity index (χ2v) is 12.1. The fourth-order valence-electron chi connectivity index (χ4n) is 1.78. The van der Waals surface area contributed by atoms with Gasteiger partial charge in [0.2, 0.25) is 11.0 Å². The van der Waals surface area contributed by atoms with Gasteiger partial charge < -0.3 is 44.9 Å². The van der Waals surface area contributed by atoms with E-state index < -0.39 is 54.0 Å². The number of nitrogens with zero attached hydrogens (tertiary/aromatic N) is 1. The Bertz CT molecular complexity index is 507. The fourth-order valence-corrected chi connectivity index (χ4v) is 8.17. The van der Waals surface area contributed by atoms with Gasteiger partial charge in [0.25, 0.3) is 0 Å². The van der Waals surface area contributed by atoms with E-state index >= 15 is 0 Å². The number of rotatable bonds is 8. The Kier molecular flexibility index (Phi) is 7.58. The molecule has 1 atom stereocenters. The predicted octanol–water partition coefficient (Wildman–Crippen LogP) is -2.09. The van der Waals surface area contributed by atoms with Crippen LogP contribution in [-0.4, -0.2) is 67.7 Å². The van der Waals surface area contributed by atoms with Crippen molar-refractivity contribution in [2.75, 3.05) is 6.54 Å². The van der Waals surface area contributed by atoms with Gasteiger partial charge in [-0.3, -0.25) is 23.2 Å². The highest BCUT2D eigenvalue weighted by Crippen LogP contribution is 2.69. The lowest BCUT2D eigenvalue weighted by Gasteiger charge is -2.41. The van der Waals surface area contributed by atoms with E-state index in [1.165, 1.54) is 0 Å². The van der Waals surface area contributed by atoms with Crippen molar-refractivity contribution in [3.8, 4) is 0 Å². The van der Waals surface area contributed by atoms with Crippen molar-refractivity contribution in [2.45, 2.75) is 24.0 Å². The molecule has 0 aromatic carbocycles.